The van der Waals surface area contributed by atoms with E-state index in [-0.39, 0.29) is 5.41 Å². The Hall–Kier alpha value is -1.06. The van der Waals surface area contributed by atoms with Crippen LogP contribution in [0.15, 0.2) is 18.2 Å². The van der Waals surface area contributed by atoms with Crippen LogP contribution in [0.1, 0.15) is 50.7 Å². The highest BCUT2D eigenvalue weighted by Crippen LogP contribution is 2.56. The van der Waals surface area contributed by atoms with E-state index in [2.05, 4.69) is 45.0 Å². The Morgan fingerprint density at radius 1 is 1.13 bits per heavy atom. The summed E-state index contributed by atoms with van der Waals surface area (Å²) in [5.74, 6) is 0.895. The van der Waals surface area contributed by atoms with E-state index in [1.807, 2.05) is 6.07 Å². The topological polar surface area (TPSA) is 32.7 Å². The lowest BCUT2D eigenvalue weighted by Gasteiger charge is -2.58. The van der Waals surface area contributed by atoms with Crippen molar-refractivity contribution in [3.05, 3.63) is 29.3 Å². The lowest BCUT2D eigenvalue weighted by atomic mass is 9.50. The van der Waals surface area contributed by atoms with Crippen molar-refractivity contribution in [1.82, 2.24) is 4.90 Å². The number of hydrogen-bond acceptors (Lipinski definition) is 3. The van der Waals surface area contributed by atoms with Gasteiger partial charge in [0.25, 0.3) is 0 Å². The lowest BCUT2D eigenvalue weighted by molar-refractivity contribution is -0.104. The van der Waals surface area contributed by atoms with Crippen molar-refractivity contribution in [2.24, 2.45) is 5.41 Å². The molecule has 1 unspecified atom stereocenters. The second-order valence-corrected chi connectivity index (χ2v) is 8.72. The van der Waals surface area contributed by atoms with Crippen LogP contribution in [0.4, 0.5) is 0 Å². The van der Waals surface area contributed by atoms with Crippen molar-refractivity contribution in [2.75, 3.05) is 27.7 Å². The van der Waals surface area contributed by atoms with Gasteiger partial charge in [0.1, 0.15) is 5.75 Å². The van der Waals surface area contributed by atoms with Crippen LogP contribution in [0.25, 0.3) is 0 Å². The molecule has 3 heteroatoms. The van der Waals surface area contributed by atoms with E-state index in [1.165, 1.54) is 11.1 Å². The van der Waals surface area contributed by atoms with E-state index in [4.69, 9.17) is 4.74 Å². The first-order valence-electron chi connectivity index (χ1n) is 8.76. The summed E-state index contributed by atoms with van der Waals surface area (Å²) in [5, 5.41) is 11.7. The van der Waals surface area contributed by atoms with Crippen LogP contribution in [0.3, 0.4) is 0 Å². The number of aliphatic hydroxyl groups is 1. The van der Waals surface area contributed by atoms with Crippen molar-refractivity contribution in [3.8, 4) is 5.75 Å². The average Bonchev–Trinajstić information content (AvgIpc) is 2.48. The highest BCUT2D eigenvalue weighted by atomic mass is 16.5. The first kappa shape index (κ1) is 16.8. The number of likely N-dealkylation sites (N-methyl/N-ethyl adjacent to an activating group) is 1. The van der Waals surface area contributed by atoms with Gasteiger partial charge in [-0.15, -0.1) is 0 Å². The maximum absolute atomic E-state index is 11.7. The maximum atomic E-state index is 11.7. The van der Waals surface area contributed by atoms with Crippen molar-refractivity contribution < 1.29 is 9.84 Å². The number of benzene rings is 1. The van der Waals surface area contributed by atoms with Gasteiger partial charge in [0, 0.05) is 12.0 Å². The molecule has 1 saturated carbocycles. The summed E-state index contributed by atoms with van der Waals surface area (Å²) in [6.07, 6.45) is 4.95. The van der Waals surface area contributed by atoms with Crippen molar-refractivity contribution >= 4 is 0 Å². The molecule has 0 spiro atoms. The highest BCUT2D eigenvalue weighted by molar-refractivity contribution is 5.52. The van der Waals surface area contributed by atoms with Crippen molar-refractivity contribution in [2.45, 2.75) is 57.0 Å². The van der Waals surface area contributed by atoms with Crippen LogP contribution in [0, 0.1) is 5.41 Å². The number of methoxy groups -OCH3 is 1. The fourth-order valence-electron chi connectivity index (χ4n) is 4.66. The minimum Gasteiger partial charge on any atom is -0.497 e. The SMILES string of the molecule is COc1ccc2c(c1)C(CN(C)C)(C1(O)CCC(C)(C)CC1)C2. The molecule has 2 aliphatic carbocycles. The first-order chi connectivity index (χ1) is 10.7. The van der Waals surface area contributed by atoms with E-state index in [1.54, 1.807) is 7.11 Å². The first-order valence-corrected chi connectivity index (χ1v) is 8.76. The average molecular weight is 317 g/mol. The minimum absolute atomic E-state index is 0.156. The molecule has 1 aromatic carbocycles. The van der Waals surface area contributed by atoms with Crippen LogP contribution < -0.4 is 4.74 Å². The summed E-state index contributed by atoms with van der Waals surface area (Å²) in [6.45, 7) is 5.54. The Morgan fingerprint density at radius 2 is 1.78 bits per heavy atom. The molecule has 0 heterocycles. The molecule has 1 N–H and O–H groups in total. The smallest absolute Gasteiger partial charge is 0.119 e. The Kier molecular flexibility index (Phi) is 4.01. The van der Waals surface area contributed by atoms with Gasteiger partial charge in [0.05, 0.1) is 12.7 Å². The van der Waals surface area contributed by atoms with Gasteiger partial charge in [0.2, 0.25) is 0 Å². The van der Waals surface area contributed by atoms with Crippen molar-refractivity contribution in [3.63, 3.8) is 0 Å². The zero-order valence-electron chi connectivity index (χ0n) is 15.3. The molecule has 128 valence electrons. The Labute approximate surface area is 140 Å². The molecule has 0 bridgehead atoms. The quantitative estimate of drug-likeness (QED) is 0.924. The molecular weight excluding hydrogens is 286 g/mol. The van der Waals surface area contributed by atoms with Crippen LogP contribution in [-0.4, -0.2) is 43.4 Å². The molecular formula is C20H31NO2. The van der Waals surface area contributed by atoms with Crippen molar-refractivity contribution in [1.29, 1.82) is 0 Å². The van der Waals surface area contributed by atoms with E-state index in [9.17, 15) is 5.11 Å². The molecule has 1 atom stereocenters. The van der Waals surface area contributed by atoms with Crippen LogP contribution in [0.2, 0.25) is 0 Å². The van der Waals surface area contributed by atoms with Gasteiger partial charge in [-0.1, -0.05) is 19.9 Å². The summed E-state index contributed by atoms with van der Waals surface area (Å²) in [7, 11) is 5.93. The zero-order valence-corrected chi connectivity index (χ0v) is 15.3. The number of hydrogen-bond donors (Lipinski definition) is 1. The molecule has 3 nitrogen and oxygen atoms in total. The van der Waals surface area contributed by atoms with Gasteiger partial charge < -0.3 is 14.7 Å². The fourth-order valence-corrected chi connectivity index (χ4v) is 4.66. The van der Waals surface area contributed by atoms with Gasteiger partial charge in [0.15, 0.2) is 0 Å². The molecule has 0 saturated heterocycles. The van der Waals surface area contributed by atoms with Gasteiger partial charge in [-0.25, -0.2) is 0 Å². The zero-order chi connectivity index (χ0) is 16.9. The largest absolute Gasteiger partial charge is 0.497 e. The molecule has 0 radical (unpaired) electrons. The summed E-state index contributed by atoms with van der Waals surface area (Å²) in [5.41, 5.74) is 2.26. The number of rotatable bonds is 4. The summed E-state index contributed by atoms with van der Waals surface area (Å²) >= 11 is 0. The second kappa shape index (κ2) is 5.49. The molecule has 2 aliphatic rings. The number of ether oxygens (including phenoxy) is 1. The van der Waals surface area contributed by atoms with E-state index in [0.717, 1.165) is 44.4 Å². The summed E-state index contributed by atoms with van der Waals surface area (Å²) < 4.78 is 5.44. The Balaban J connectivity index is 1.99. The van der Waals surface area contributed by atoms with Crippen LogP contribution >= 0.6 is 0 Å². The Bertz CT molecular complexity index is 583. The van der Waals surface area contributed by atoms with Gasteiger partial charge >= 0.3 is 0 Å². The minimum atomic E-state index is -0.605. The lowest BCUT2D eigenvalue weighted by Crippen LogP contribution is -2.63. The second-order valence-electron chi connectivity index (χ2n) is 8.72. The predicted molar refractivity (Wildman–Crippen MR) is 94.1 cm³/mol. The van der Waals surface area contributed by atoms with Crippen LogP contribution in [0.5, 0.6) is 5.75 Å². The van der Waals surface area contributed by atoms with Gasteiger partial charge in [-0.05, 0) is 74.9 Å². The Morgan fingerprint density at radius 3 is 2.35 bits per heavy atom. The third kappa shape index (κ3) is 2.68. The molecule has 0 amide bonds. The van der Waals surface area contributed by atoms with E-state index in [0.29, 0.717) is 5.41 Å². The van der Waals surface area contributed by atoms with E-state index >= 15 is 0 Å². The summed E-state index contributed by atoms with van der Waals surface area (Å²) in [4.78, 5) is 2.22. The standard InChI is InChI=1S/C20H31NO2/c1-18(2)8-10-20(22,11-9-18)19(14-21(3)4)13-15-6-7-16(23-5)12-17(15)19/h6-7,12,22H,8-11,13-14H2,1-5H3. The highest BCUT2D eigenvalue weighted by Gasteiger charge is 2.58. The molecule has 0 aromatic heterocycles. The molecule has 1 fully saturated rings. The normalized spacial score (nSPS) is 28.1. The monoisotopic (exact) mass is 317 g/mol. The van der Waals surface area contributed by atoms with Crippen LogP contribution in [-0.2, 0) is 11.8 Å². The summed E-state index contributed by atoms with van der Waals surface area (Å²) in [6, 6.07) is 6.35. The number of fused-ring (bicyclic) bond motifs is 1. The third-order valence-electron chi connectivity index (χ3n) is 6.23. The van der Waals surface area contributed by atoms with Gasteiger partial charge in [-0.2, -0.15) is 0 Å². The molecule has 0 aliphatic heterocycles. The molecule has 23 heavy (non-hydrogen) atoms. The molecule has 1 aromatic rings. The molecule has 3 rings (SSSR count). The van der Waals surface area contributed by atoms with E-state index < -0.39 is 5.60 Å². The number of nitrogens with zero attached hydrogens (tertiary/aromatic N) is 1. The predicted octanol–water partition coefficient (Wildman–Crippen LogP) is 3.38. The fraction of sp³-hybridized carbons (Fsp3) is 0.700. The van der Waals surface area contributed by atoms with Gasteiger partial charge in [-0.3, -0.25) is 0 Å². The third-order valence-corrected chi connectivity index (χ3v) is 6.23. The maximum Gasteiger partial charge on any atom is 0.119 e.